The molecule has 7 heteroatoms. The zero-order valence-electron chi connectivity index (χ0n) is 10.1. The molecule has 2 N–H and O–H groups in total. The normalized spacial score (nSPS) is 17.3. The highest BCUT2D eigenvalue weighted by molar-refractivity contribution is 5.90. The maximum atomic E-state index is 11.1. The van der Waals surface area contributed by atoms with Crippen LogP contribution >= 0.6 is 0 Å². The van der Waals surface area contributed by atoms with E-state index in [-0.39, 0.29) is 11.7 Å². The van der Waals surface area contributed by atoms with Crippen LogP contribution in [0.1, 0.15) is 17.2 Å². The molecule has 0 fully saturated rings. The molecule has 0 bridgehead atoms. The monoisotopic (exact) mass is 257 g/mol. The van der Waals surface area contributed by atoms with Crippen LogP contribution < -0.4 is 5.32 Å². The number of anilines is 1. The highest BCUT2D eigenvalue weighted by Gasteiger charge is 2.26. The number of carboxylic acids is 1. The van der Waals surface area contributed by atoms with Crippen LogP contribution in [0.2, 0.25) is 0 Å². The van der Waals surface area contributed by atoms with Crippen molar-refractivity contribution in [2.45, 2.75) is 13.0 Å². The van der Waals surface area contributed by atoms with Crippen LogP contribution in [0.3, 0.4) is 0 Å². The number of benzene rings is 1. The van der Waals surface area contributed by atoms with Crippen LogP contribution in [-0.2, 0) is 4.79 Å². The number of fused-ring (bicyclic) bond motifs is 1. The van der Waals surface area contributed by atoms with Crippen molar-refractivity contribution in [3.8, 4) is 0 Å². The van der Waals surface area contributed by atoms with Gasteiger partial charge in [0.25, 0.3) is 0 Å². The molecule has 1 aliphatic rings. The minimum Gasteiger partial charge on any atom is -0.477 e. The molecule has 0 unspecified atom stereocenters. The molecule has 1 aromatic heterocycles. The SMILES string of the molecule is Cc1ccccc1[C@@H]1C=C(C(=O)O)Nc2nnnn21. The van der Waals surface area contributed by atoms with E-state index >= 15 is 0 Å². The van der Waals surface area contributed by atoms with Crippen molar-refractivity contribution in [2.75, 3.05) is 5.32 Å². The largest absolute Gasteiger partial charge is 0.477 e. The zero-order chi connectivity index (χ0) is 13.4. The third kappa shape index (κ3) is 1.85. The molecule has 0 saturated carbocycles. The van der Waals surface area contributed by atoms with Gasteiger partial charge in [0.1, 0.15) is 11.7 Å². The number of hydrogen-bond acceptors (Lipinski definition) is 5. The van der Waals surface area contributed by atoms with E-state index in [2.05, 4.69) is 20.8 Å². The van der Waals surface area contributed by atoms with Crippen molar-refractivity contribution >= 4 is 11.9 Å². The van der Waals surface area contributed by atoms with Gasteiger partial charge in [-0.1, -0.05) is 29.4 Å². The van der Waals surface area contributed by atoms with Gasteiger partial charge in [0.2, 0.25) is 5.95 Å². The second-order valence-electron chi connectivity index (χ2n) is 4.26. The van der Waals surface area contributed by atoms with Gasteiger partial charge >= 0.3 is 5.97 Å². The number of tetrazole rings is 1. The van der Waals surface area contributed by atoms with E-state index in [1.807, 2.05) is 31.2 Å². The molecule has 0 radical (unpaired) electrons. The standard InChI is InChI=1S/C12H11N5O2/c1-7-4-2-3-5-8(7)10-6-9(11(18)19)13-12-14-15-16-17(10)12/h2-6,10H,1H3,(H,18,19)(H,13,14,16)/t10-/m0/s1. The fourth-order valence-corrected chi connectivity index (χ4v) is 2.12. The molecule has 1 aliphatic heterocycles. The molecule has 2 heterocycles. The Bertz CT molecular complexity index is 676. The summed E-state index contributed by atoms with van der Waals surface area (Å²) in [6, 6.07) is 7.42. The number of carbonyl (C=O) groups is 1. The van der Waals surface area contributed by atoms with Gasteiger partial charge < -0.3 is 10.4 Å². The Hall–Kier alpha value is -2.70. The first-order chi connectivity index (χ1) is 9.16. The molecular weight excluding hydrogens is 246 g/mol. The number of nitrogens with one attached hydrogen (secondary N) is 1. The average Bonchev–Trinajstić information content (AvgIpc) is 2.86. The molecule has 0 amide bonds. The van der Waals surface area contributed by atoms with Gasteiger partial charge in [-0.3, -0.25) is 0 Å². The van der Waals surface area contributed by atoms with E-state index in [4.69, 9.17) is 5.11 Å². The summed E-state index contributed by atoms with van der Waals surface area (Å²) in [5.41, 5.74) is 2.10. The number of hydrogen-bond donors (Lipinski definition) is 2. The Labute approximate surface area is 108 Å². The highest BCUT2D eigenvalue weighted by atomic mass is 16.4. The first-order valence-electron chi connectivity index (χ1n) is 5.72. The van der Waals surface area contributed by atoms with E-state index < -0.39 is 5.97 Å². The summed E-state index contributed by atoms with van der Waals surface area (Å²) >= 11 is 0. The third-order valence-electron chi connectivity index (χ3n) is 3.06. The van der Waals surface area contributed by atoms with Crippen LogP contribution in [0.15, 0.2) is 36.0 Å². The van der Waals surface area contributed by atoms with Crippen molar-refractivity contribution in [1.82, 2.24) is 20.2 Å². The minimum absolute atomic E-state index is 0.0792. The molecular formula is C12H11N5O2. The number of allylic oxidation sites excluding steroid dienone is 1. The highest BCUT2D eigenvalue weighted by Crippen LogP contribution is 2.29. The van der Waals surface area contributed by atoms with E-state index in [9.17, 15) is 4.79 Å². The zero-order valence-corrected chi connectivity index (χ0v) is 10.1. The van der Waals surface area contributed by atoms with Crippen molar-refractivity contribution < 1.29 is 9.90 Å². The van der Waals surface area contributed by atoms with Gasteiger partial charge in [-0.15, -0.1) is 0 Å². The lowest BCUT2D eigenvalue weighted by Gasteiger charge is -2.22. The number of carboxylic acid groups (broad SMARTS) is 1. The second-order valence-corrected chi connectivity index (χ2v) is 4.26. The summed E-state index contributed by atoms with van der Waals surface area (Å²) in [5, 5.41) is 23.1. The van der Waals surface area contributed by atoms with Crippen LogP contribution in [0.4, 0.5) is 5.95 Å². The van der Waals surface area contributed by atoms with E-state index in [0.29, 0.717) is 5.95 Å². The van der Waals surface area contributed by atoms with E-state index in [1.54, 1.807) is 10.8 Å². The quantitative estimate of drug-likeness (QED) is 0.832. The van der Waals surface area contributed by atoms with Gasteiger partial charge in [0.05, 0.1) is 0 Å². The Morgan fingerprint density at radius 1 is 1.42 bits per heavy atom. The molecule has 19 heavy (non-hydrogen) atoms. The number of aromatic nitrogens is 4. The molecule has 96 valence electrons. The van der Waals surface area contributed by atoms with Gasteiger partial charge in [-0.05, 0) is 34.6 Å². The molecule has 0 spiro atoms. The molecule has 1 atom stereocenters. The van der Waals surface area contributed by atoms with Gasteiger partial charge in [-0.25, -0.2) is 4.79 Å². The number of aliphatic carboxylic acids is 1. The van der Waals surface area contributed by atoms with Crippen molar-refractivity contribution in [1.29, 1.82) is 0 Å². The van der Waals surface area contributed by atoms with Crippen LogP contribution in [0.5, 0.6) is 0 Å². The maximum Gasteiger partial charge on any atom is 0.352 e. The second kappa shape index (κ2) is 4.20. The summed E-state index contributed by atoms with van der Waals surface area (Å²) in [6.45, 7) is 1.97. The fourth-order valence-electron chi connectivity index (χ4n) is 2.12. The first-order valence-corrected chi connectivity index (χ1v) is 5.72. The molecule has 3 rings (SSSR count). The first kappa shape index (κ1) is 11.4. The van der Waals surface area contributed by atoms with Crippen LogP contribution in [0, 0.1) is 6.92 Å². The van der Waals surface area contributed by atoms with Gasteiger partial charge in [0, 0.05) is 0 Å². The Kier molecular flexibility index (Phi) is 2.52. The number of aryl methyl sites for hydroxylation is 1. The molecule has 7 nitrogen and oxygen atoms in total. The predicted octanol–water partition coefficient (Wildman–Crippen LogP) is 0.965. The lowest BCUT2D eigenvalue weighted by molar-refractivity contribution is -0.132. The fraction of sp³-hybridized carbons (Fsp3) is 0.167. The smallest absolute Gasteiger partial charge is 0.352 e. The van der Waals surface area contributed by atoms with Crippen LogP contribution in [-0.4, -0.2) is 31.3 Å². The summed E-state index contributed by atoms with van der Waals surface area (Å²) in [4.78, 5) is 11.1. The molecule has 0 aliphatic carbocycles. The summed E-state index contributed by atoms with van der Waals surface area (Å²) in [6.07, 6.45) is 1.61. The lowest BCUT2D eigenvalue weighted by atomic mass is 9.99. The topological polar surface area (TPSA) is 92.9 Å². The third-order valence-corrected chi connectivity index (χ3v) is 3.06. The van der Waals surface area contributed by atoms with Crippen molar-refractivity contribution in [3.63, 3.8) is 0 Å². The lowest BCUT2D eigenvalue weighted by Crippen LogP contribution is -2.24. The maximum absolute atomic E-state index is 11.1. The van der Waals surface area contributed by atoms with Crippen LogP contribution in [0.25, 0.3) is 0 Å². The average molecular weight is 257 g/mol. The summed E-state index contributed by atoms with van der Waals surface area (Å²) < 4.78 is 1.56. The summed E-state index contributed by atoms with van der Waals surface area (Å²) in [5.74, 6) is -0.707. The molecule has 2 aromatic rings. The predicted molar refractivity (Wildman–Crippen MR) is 66.5 cm³/mol. The summed E-state index contributed by atoms with van der Waals surface area (Å²) in [7, 11) is 0. The van der Waals surface area contributed by atoms with E-state index in [1.165, 1.54) is 0 Å². The van der Waals surface area contributed by atoms with E-state index in [0.717, 1.165) is 11.1 Å². The Balaban J connectivity index is 2.15. The minimum atomic E-state index is -1.03. The molecule has 0 saturated heterocycles. The van der Waals surface area contributed by atoms with Gasteiger partial charge in [0.15, 0.2) is 0 Å². The number of rotatable bonds is 2. The molecule has 1 aromatic carbocycles. The Morgan fingerprint density at radius 2 is 2.21 bits per heavy atom. The Morgan fingerprint density at radius 3 is 2.95 bits per heavy atom. The van der Waals surface area contributed by atoms with Gasteiger partial charge in [-0.2, -0.15) is 4.68 Å². The number of nitrogens with zero attached hydrogens (tertiary/aromatic N) is 4. The van der Waals surface area contributed by atoms with Crippen molar-refractivity contribution in [3.05, 3.63) is 47.2 Å². The van der Waals surface area contributed by atoms with Crippen molar-refractivity contribution in [2.24, 2.45) is 0 Å².